The highest BCUT2D eigenvalue weighted by molar-refractivity contribution is 7.89. The topological polar surface area (TPSA) is 92.7 Å². The average Bonchev–Trinajstić information content (AvgIpc) is 2.98. The molecular formula is C15H19NO5S. The Kier molecular flexibility index (Phi) is 5.20. The van der Waals surface area contributed by atoms with Gasteiger partial charge in [-0.25, -0.2) is 13.1 Å². The Morgan fingerprint density at radius 2 is 2.05 bits per heavy atom. The molecule has 0 atom stereocenters. The van der Waals surface area contributed by atoms with Crippen molar-refractivity contribution in [2.45, 2.75) is 24.2 Å². The molecule has 0 aliphatic heterocycles. The summed E-state index contributed by atoms with van der Waals surface area (Å²) in [5.74, 6) is -0.398. The Hall–Kier alpha value is -1.86. The smallest absolute Gasteiger partial charge is 0.307 e. The third-order valence-electron chi connectivity index (χ3n) is 3.57. The average molecular weight is 325 g/mol. The number of ether oxygens (including phenoxy) is 1. The Labute approximate surface area is 129 Å². The number of sulfonamides is 1. The molecule has 6 nitrogen and oxygen atoms in total. The fourth-order valence-corrected chi connectivity index (χ4v) is 3.54. The molecule has 120 valence electrons. The molecule has 1 aromatic rings. The third kappa shape index (κ3) is 4.08. The van der Waals surface area contributed by atoms with Crippen LogP contribution >= 0.6 is 0 Å². The van der Waals surface area contributed by atoms with Gasteiger partial charge in [-0.2, -0.15) is 0 Å². The molecule has 1 aliphatic carbocycles. The summed E-state index contributed by atoms with van der Waals surface area (Å²) in [6, 6.07) is 4.24. The highest BCUT2D eigenvalue weighted by Gasteiger charge is 2.19. The molecule has 0 radical (unpaired) electrons. The summed E-state index contributed by atoms with van der Waals surface area (Å²) in [7, 11) is -2.24. The van der Waals surface area contributed by atoms with Crippen molar-refractivity contribution in [3.8, 4) is 5.75 Å². The van der Waals surface area contributed by atoms with Crippen LogP contribution in [0.2, 0.25) is 0 Å². The molecule has 0 amide bonds. The zero-order valence-electron chi connectivity index (χ0n) is 12.3. The number of allylic oxidation sites excluding steroid dienone is 2. The van der Waals surface area contributed by atoms with E-state index < -0.39 is 16.0 Å². The van der Waals surface area contributed by atoms with Gasteiger partial charge in [-0.15, -0.1) is 0 Å². The van der Waals surface area contributed by atoms with Gasteiger partial charge < -0.3 is 9.84 Å². The van der Waals surface area contributed by atoms with Crippen LogP contribution in [0.5, 0.6) is 5.75 Å². The predicted octanol–water partition coefficient (Wildman–Crippen LogP) is 1.57. The fourth-order valence-electron chi connectivity index (χ4n) is 2.37. The SMILES string of the molecule is COc1ccc(S(=O)(=O)NCC2CC=CC2)cc1CC(=O)O. The lowest BCUT2D eigenvalue weighted by atomic mass is 10.1. The molecule has 1 aliphatic rings. The lowest BCUT2D eigenvalue weighted by Gasteiger charge is -2.13. The highest BCUT2D eigenvalue weighted by Crippen LogP contribution is 2.23. The first-order chi connectivity index (χ1) is 10.4. The monoisotopic (exact) mass is 325 g/mol. The first-order valence-electron chi connectivity index (χ1n) is 6.95. The number of carbonyl (C=O) groups is 1. The number of carboxylic acids is 1. The van der Waals surface area contributed by atoms with E-state index in [4.69, 9.17) is 9.84 Å². The second-order valence-electron chi connectivity index (χ2n) is 5.20. The lowest BCUT2D eigenvalue weighted by molar-refractivity contribution is -0.136. The van der Waals surface area contributed by atoms with E-state index in [0.29, 0.717) is 17.9 Å². The molecule has 0 saturated heterocycles. The maximum Gasteiger partial charge on any atom is 0.307 e. The van der Waals surface area contributed by atoms with E-state index in [1.807, 2.05) is 12.2 Å². The zero-order chi connectivity index (χ0) is 16.2. The van der Waals surface area contributed by atoms with Crippen LogP contribution in [-0.4, -0.2) is 33.1 Å². The van der Waals surface area contributed by atoms with Gasteiger partial charge in [0.25, 0.3) is 0 Å². The largest absolute Gasteiger partial charge is 0.496 e. The van der Waals surface area contributed by atoms with E-state index in [0.717, 1.165) is 12.8 Å². The summed E-state index contributed by atoms with van der Waals surface area (Å²) in [6.45, 7) is 0.371. The van der Waals surface area contributed by atoms with Gasteiger partial charge in [0.05, 0.1) is 18.4 Å². The number of nitrogens with one attached hydrogen (secondary N) is 1. The van der Waals surface area contributed by atoms with Crippen LogP contribution in [0.4, 0.5) is 0 Å². The van der Waals surface area contributed by atoms with Gasteiger partial charge in [-0.1, -0.05) is 12.2 Å². The highest BCUT2D eigenvalue weighted by atomic mass is 32.2. The van der Waals surface area contributed by atoms with Crippen molar-refractivity contribution in [3.05, 3.63) is 35.9 Å². The van der Waals surface area contributed by atoms with Crippen LogP contribution in [-0.2, 0) is 21.2 Å². The van der Waals surface area contributed by atoms with E-state index in [1.54, 1.807) is 0 Å². The Morgan fingerprint density at radius 3 is 2.64 bits per heavy atom. The molecule has 0 aromatic heterocycles. The van der Waals surface area contributed by atoms with Crippen molar-refractivity contribution < 1.29 is 23.1 Å². The molecule has 0 fully saturated rings. The van der Waals surface area contributed by atoms with Gasteiger partial charge >= 0.3 is 5.97 Å². The summed E-state index contributed by atoms with van der Waals surface area (Å²) >= 11 is 0. The number of hydrogen-bond donors (Lipinski definition) is 2. The summed E-state index contributed by atoms with van der Waals surface area (Å²) in [5.41, 5.74) is 0.334. The minimum atomic E-state index is -3.66. The van der Waals surface area contributed by atoms with E-state index in [-0.39, 0.29) is 17.2 Å². The van der Waals surface area contributed by atoms with Gasteiger partial charge in [0, 0.05) is 12.1 Å². The van der Waals surface area contributed by atoms with Gasteiger partial charge in [0.1, 0.15) is 5.75 Å². The van der Waals surface area contributed by atoms with Crippen molar-refractivity contribution in [1.29, 1.82) is 0 Å². The van der Waals surface area contributed by atoms with Gasteiger partial charge in [-0.05, 0) is 37.0 Å². The quantitative estimate of drug-likeness (QED) is 0.742. The van der Waals surface area contributed by atoms with Crippen LogP contribution in [0.1, 0.15) is 18.4 Å². The molecule has 2 N–H and O–H groups in total. The molecule has 7 heteroatoms. The number of rotatable bonds is 7. The van der Waals surface area contributed by atoms with E-state index in [2.05, 4.69) is 4.72 Å². The van der Waals surface area contributed by atoms with Gasteiger partial charge in [-0.3, -0.25) is 4.79 Å². The minimum absolute atomic E-state index is 0.0514. The molecule has 0 spiro atoms. The summed E-state index contributed by atoms with van der Waals surface area (Å²) in [4.78, 5) is 10.9. The van der Waals surface area contributed by atoms with Crippen LogP contribution < -0.4 is 9.46 Å². The Balaban J connectivity index is 2.16. The van der Waals surface area contributed by atoms with Crippen LogP contribution in [0, 0.1) is 5.92 Å². The third-order valence-corrected chi connectivity index (χ3v) is 4.99. The molecular weight excluding hydrogens is 306 g/mol. The minimum Gasteiger partial charge on any atom is -0.496 e. The van der Waals surface area contributed by atoms with Crippen molar-refractivity contribution in [2.24, 2.45) is 5.92 Å². The van der Waals surface area contributed by atoms with Crippen molar-refractivity contribution in [3.63, 3.8) is 0 Å². The maximum absolute atomic E-state index is 12.3. The molecule has 22 heavy (non-hydrogen) atoms. The number of hydrogen-bond acceptors (Lipinski definition) is 4. The fraction of sp³-hybridized carbons (Fsp3) is 0.400. The van der Waals surface area contributed by atoms with Crippen molar-refractivity contribution in [2.75, 3.05) is 13.7 Å². The second-order valence-corrected chi connectivity index (χ2v) is 6.97. The first kappa shape index (κ1) is 16.5. The molecule has 0 saturated carbocycles. The zero-order valence-corrected chi connectivity index (χ0v) is 13.1. The first-order valence-corrected chi connectivity index (χ1v) is 8.44. The Morgan fingerprint density at radius 1 is 1.36 bits per heavy atom. The van der Waals surface area contributed by atoms with Crippen LogP contribution in [0.25, 0.3) is 0 Å². The van der Waals surface area contributed by atoms with E-state index >= 15 is 0 Å². The van der Waals surface area contributed by atoms with Crippen LogP contribution in [0.15, 0.2) is 35.2 Å². The van der Waals surface area contributed by atoms with Gasteiger partial charge in [0.15, 0.2) is 0 Å². The molecule has 0 bridgehead atoms. The standard InChI is InChI=1S/C15H19NO5S/c1-21-14-7-6-13(8-12(14)9-15(17)18)22(19,20)16-10-11-4-2-3-5-11/h2-3,6-8,11,16H,4-5,9-10H2,1H3,(H,17,18). The molecule has 0 heterocycles. The van der Waals surface area contributed by atoms with E-state index in [1.165, 1.54) is 25.3 Å². The van der Waals surface area contributed by atoms with Crippen LogP contribution in [0.3, 0.4) is 0 Å². The number of benzene rings is 1. The summed E-state index contributed by atoms with van der Waals surface area (Å²) in [5, 5.41) is 8.90. The number of methoxy groups -OCH3 is 1. The molecule has 1 aromatic carbocycles. The second kappa shape index (κ2) is 6.93. The summed E-state index contributed by atoms with van der Waals surface area (Å²) in [6.07, 6.45) is 5.53. The van der Waals surface area contributed by atoms with E-state index in [9.17, 15) is 13.2 Å². The number of aliphatic carboxylic acids is 1. The Bertz CT molecular complexity index is 673. The molecule has 2 rings (SSSR count). The number of carboxylic acid groups (broad SMARTS) is 1. The van der Waals surface area contributed by atoms with Gasteiger partial charge in [0.2, 0.25) is 10.0 Å². The predicted molar refractivity (Wildman–Crippen MR) is 81.4 cm³/mol. The van der Waals surface area contributed by atoms with Crippen molar-refractivity contribution >= 4 is 16.0 Å². The molecule has 0 unspecified atom stereocenters. The maximum atomic E-state index is 12.3. The van der Waals surface area contributed by atoms with Crippen molar-refractivity contribution in [1.82, 2.24) is 4.72 Å². The normalized spacial score (nSPS) is 15.1. The summed E-state index contributed by atoms with van der Waals surface area (Å²) < 4.78 is 32.3. The lowest BCUT2D eigenvalue weighted by Crippen LogP contribution is -2.28.